The van der Waals surface area contributed by atoms with Crippen molar-refractivity contribution in [3.05, 3.63) is 15.8 Å². The van der Waals surface area contributed by atoms with Gasteiger partial charge in [0.25, 0.3) is 0 Å². The van der Waals surface area contributed by atoms with Crippen molar-refractivity contribution in [1.82, 2.24) is 9.78 Å². The van der Waals surface area contributed by atoms with Crippen molar-refractivity contribution < 1.29 is 9.66 Å². The van der Waals surface area contributed by atoms with E-state index < -0.39 is 0 Å². The summed E-state index contributed by atoms with van der Waals surface area (Å²) < 4.78 is 7.34. The lowest BCUT2D eigenvalue weighted by molar-refractivity contribution is -0.384. The van der Waals surface area contributed by atoms with Gasteiger partial charge in [-0.25, -0.2) is 4.68 Å². The van der Waals surface area contributed by atoms with Crippen LogP contribution in [0.25, 0.3) is 0 Å². The van der Waals surface area contributed by atoms with Gasteiger partial charge < -0.3 is 15.8 Å². The number of nitrogens with zero attached hydrogens (tertiary/aromatic N) is 3. The zero-order valence-corrected chi connectivity index (χ0v) is 12.3. The molecule has 0 bridgehead atoms. The van der Waals surface area contributed by atoms with Gasteiger partial charge in [-0.2, -0.15) is 5.10 Å². The summed E-state index contributed by atoms with van der Waals surface area (Å²) in [7, 11) is 0. The second-order valence-corrected chi connectivity index (χ2v) is 5.80. The van der Waals surface area contributed by atoms with E-state index in [-0.39, 0.29) is 28.8 Å². The smallest absolute Gasteiger partial charge is 0.333 e. The van der Waals surface area contributed by atoms with Gasteiger partial charge in [0.2, 0.25) is 5.82 Å². The molecule has 1 aliphatic carbocycles. The highest BCUT2D eigenvalue weighted by molar-refractivity contribution is 5.60. The first-order chi connectivity index (χ1) is 10.0. The van der Waals surface area contributed by atoms with Crippen LogP contribution in [0.1, 0.15) is 25.5 Å². The molecule has 4 atom stereocenters. The average molecular weight is 295 g/mol. The van der Waals surface area contributed by atoms with Gasteiger partial charge in [0, 0.05) is 25.1 Å². The Hall–Kier alpha value is -1.67. The molecule has 2 heterocycles. The van der Waals surface area contributed by atoms with Crippen molar-refractivity contribution in [2.45, 2.75) is 51.4 Å². The first kappa shape index (κ1) is 14.3. The molecule has 1 aromatic rings. The maximum Gasteiger partial charge on any atom is 0.333 e. The fourth-order valence-electron chi connectivity index (χ4n) is 3.39. The van der Waals surface area contributed by atoms with Gasteiger partial charge in [0.05, 0.1) is 17.1 Å². The first-order valence-corrected chi connectivity index (χ1v) is 7.40. The fourth-order valence-corrected chi connectivity index (χ4v) is 3.39. The Morgan fingerprint density at radius 2 is 2.38 bits per heavy atom. The van der Waals surface area contributed by atoms with Gasteiger partial charge in [-0.15, -0.1) is 0 Å². The molecule has 8 nitrogen and oxygen atoms in total. The second kappa shape index (κ2) is 5.27. The van der Waals surface area contributed by atoms with Crippen molar-refractivity contribution in [1.29, 1.82) is 0 Å². The molecule has 0 amide bonds. The Labute approximate surface area is 122 Å². The van der Waals surface area contributed by atoms with E-state index in [4.69, 9.17) is 10.5 Å². The number of fused-ring (bicyclic) bond motifs is 1. The van der Waals surface area contributed by atoms with Crippen LogP contribution in [0.2, 0.25) is 0 Å². The van der Waals surface area contributed by atoms with E-state index in [2.05, 4.69) is 10.4 Å². The highest BCUT2D eigenvalue weighted by Gasteiger charge is 2.53. The Morgan fingerprint density at radius 1 is 1.62 bits per heavy atom. The normalized spacial score (nSPS) is 30.8. The minimum atomic E-state index is -0.381. The SMILES string of the molecule is CCCn1nc(C)c([N+](=O)[O-])c1NC1C(N)C2CCOC21. The van der Waals surface area contributed by atoms with Crippen LogP contribution in [0.4, 0.5) is 11.5 Å². The monoisotopic (exact) mass is 295 g/mol. The molecular formula is C13H21N5O3. The highest BCUT2D eigenvalue weighted by Crippen LogP contribution is 2.41. The summed E-state index contributed by atoms with van der Waals surface area (Å²) >= 11 is 0. The number of anilines is 1. The summed E-state index contributed by atoms with van der Waals surface area (Å²) in [4.78, 5) is 10.9. The molecule has 1 saturated carbocycles. The largest absolute Gasteiger partial charge is 0.376 e. The minimum Gasteiger partial charge on any atom is -0.376 e. The number of ether oxygens (including phenoxy) is 1. The summed E-state index contributed by atoms with van der Waals surface area (Å²) in [6.07, 6.45) is 1.89. The molecule has 2 fully saturated rings. The van der Waals surface area contributed by atoms with E-state index in [0.717, 1.165) is 19.4 Å². The number of nitrogens with two attached hydrogens (primary N) is 1. The Balaban J connectivity index is 1.88. The van der Waals surface area contributed by atoms with Crippen LogP contribution in [-0.2, 0) is 11.3 Å². The fraction of sp³-hybridized carbons (Fsp3) is 0.769. The minimum absolute atomic E-state index is 0.0256. The van der Waals surface area contributed by atoms with Crippen LogP contribution in [0.3, 0.4) is 0 Å². The van der Waals surface area contributed by atoms with E-state index in [1.807, 2.05) is 6.92 Å². The molecule has 116 valence electrons. The van der Waals surface area contributed by atoms with E-state index in [1.165, 1.54) is 0 Å². The standard InChI is InChI=1S/C13H21N5O3/c1-3-5-17-13(11(18(19)20)7(2)16-17)15-10-9(14)8-4-6-21-12(8)10/h8-10,12,15H,3-6,14H2,1-2H3. The molecular weight excluding hydrogens is 274 g/mol. The number of hydrogen-bond acceptors (Lipinski definition) is 6. The molecule has 0 aromatic carbocycles. The third-order valence-electron chi connectivity index (χ3n) is 4.46. The third-order valence-corrected chi connectivity index (χ3v) is 4.46. The Morgan fingerprint density at radius 3 is 3.05 bits per heavy atom. The third kappa shape index (κ3) is 2.18. The molecule has 3 N–H and O–H groups in total. The van der Waals surface area contributed by atoms with Gasteiger partial charge in [0.15, 0.2) is 0 Å². The van der Waals surface area contributed by atoms with Crippen LogP contribution in [0.5, 0.6) is 0 Å². The summed E-state index contributed by atoms with van der Waals surface area (Å²) in [5, 5.41) is 18.8. The number of rotatable bonds is 5. The number of aromatic nitrogens is 2. The zero-order valence-electron chi connectivity index (χ0n) is 12.3. The zero-order chi connectivity index (χ0) is 15.1. The Kier molecular flexibility index (Phi) is 3.58. The highest BCUT2D eigenvalue weighted by atomic mass is 16.6. The van der Waals surface area contributed by atoms with Gasteiger partial charge in [0.1, 0.15) is 5.69 Å². The maximum absolute atomic E-state index is 11.3. The van der Waals surface area contributed by atoms with Gasteiger partial charge in [-0.05, 0) is 19.8 Å². The topological polar surface area (TPSA) is 108 Å². The van der Waals surface area contributed by atoms with E-state index in [0.29, 0.717) is 24.0 Å². The van der Waals surface area contributed by atoms with E-state index >= 15 is 0 Å². The van der Waals surface area contributed by atoms with Gasteiger partial charge in [-0.1, -0.05) is 6.92 Å². The van der Waals surface area contributed by atoms with Crippen LogP contribution in [0.15, 0.2) is 0 Å². The summed E-state index contributed by atoms with van der Waals surface area (Å²) in [6.45, 7) is 5.02. The van der Waals surface area contributed by atoms with Crippen molar-refractivity contribution in [2.75, 3.05) is 11.9 Å². The molecule has 0 spiro atoms. The lowest BCUT2D eigenvalue weighted by Crippen LogP contribution is -2.65. The lowest BCUT2D eigenvalue weighted by atomic mass is 9.72. The lowest BCUT2D eigenvalue weighted by Gasteiger charge is -2.45. The summed E-state index contributed by atoms with van der Waals surface area (Å²) in [5.74, 6) is 0.818. The molecule has 8 heteroatoms. The van der Waals surface area contributed by atoms with E-state index in [9.17, 15) is 10.1 Å². The van der Waals surface area contributed by atoms with Crippen molar-refractivity contribution in [3.8, 4) is 0 Å². The van der Waals surface area contributed by atoms with Crippen molar-refractivity contribution in [3.63, 3.8) is 0 Å². The van der Waals surface area contributed by atoms with Crippen LogP contribution >= 0.6 is 0 Å². The molecule has 21 heavy (non-hydrogen) atoms. The Bertz CT molecular complexity index is 558. The molecule has 1 aliphatic heterocycles. The number of nitrogens with one attached hydrogen (secondary N) is 1. The quantitative estimate of drug-likeness (QED) is 0.620. The second-order valence-electron chi connectivity index (χ2n) is 5.80. The first-order valence-electron chi connectivity index (χ1n) is 7.40. The molecule has 3 rings (SSSR count). The van der Waals surface area contributed by atoms with Crippen LogP contribution in [0, 0.1) is 23.0 Å². The number of nitro groups is 1. The number of hydrogen-bond donors (Lipinski definition) is 2. The van der Waals surface area contributed by atoms with Crippen LogP contribution < -0.4 is 11.1 Å². The van der Waals surface area contributed by atoms with Crippen LogP contribution in [-0.4, -0.2) is 39.5 Å². The summed E-state index contributed by atoms with van der Waals surface area (Å²) in [6, 6.07) is -0.106. The predicted molar refractivity (Wildman–Crippen MR) is 77.1 cm³/mol. The summed E-state index contributed by atoms with van der Waals surface area (Å²) in [5.41, 5.74) is 6.63. The van der Waals surface area contributed by atoms with E-state index in [1.54, 1.807) is 11.6 Å². The van der Waals surface area contributed by atoms with Gasteiger partial charge >= 0.3 is 5.69 Å². The van der Waals surface area contributed by atoms with Crippen molar-refractivity contribution >= 4 is 11.5 Å². The molecule has 2 aliphatic rings. The molecule has 1 saturated heterocycles. The van der Waals surface area contributed by atoms with Gasteiger partial charge in [-0.3, -0.25) is 10.1 Å². The molecule has 1 aromatic heterocycles. The van der Waals surface area contributed by atoms with Crippen molar-refractivity contribution in [2.24, 2.45) is 11.7 Å². The molecule has 0 radical (unpaired) electrons. The predicted octanol–water partition coefficient (Wildman–Crippen LogP) is 1.04. The molecule has 4 unspecified atom stereocenters. The maximum atomic E-state index is 11.3. The number of aryl methyl sites for hydroxylation is 2. The average Bonchev–Trinajstić information content (AvgIpc) is 2.98.